The van der Waals surface area contributed by atoms with Crippen LogP contribution in [0.3, 0.4) is 0 Å². The van der Waals surface area contributed by atoms with Gasteiger partial charge in [-0.05, 0) is 43.5 Å². The Kier molecular flexibility index (Phi) is 5.01. The predicted molar refractivity (Wildman–Crippen MR) is 102 cm³/mol. The van der Waals surface area contributed by atoms with Crippen LogP contribution < -0.4 is 10.6 Å². The average Bonchev–Trinajstić information content (AvgIpc) is 3.18. The summed E-state index contributed by atoms with van der Waals surface area (Å²) in [4.78, 5) is 22.3. The minimum absolute atomic E-state index is 0.0701. The number of hydrogen-bond donors (Lipinski definition) is 1. The van der Waals surface area contributed by atoms with Crippen LogP contribution in [0.25, 0.3) is 22.8 Å². The van der Waals surface area contributed by atoms with Crippen LogP contribution in [0.4, 0.5) is 10.2 Å². The predicted octanol–water partition coefficient (Wildman–Crippen LogP) is 3.17. The smallest absolute Gasteiger partial charge is 0.259 e. The van der Waals surface area contributed by atoms with Crippen molar-refractivity contribution in [2.24, 2.45) is 5.73 Å². The van der Waals surface area contributed by atoms with Gasteiger partial charge >= 0.3 is 0 Å². The summed E-state index contributed by atoms with van der Waals surface area (Å²) in [5, 5.41) is 3.86. The maximum atomic E-state index is 13.9. The Bertz CT molecular complexity index is 973. The van der Waals surface area contributed by atoms with Crippen molar-refractivity contribution in [2.45, 2.75) is 31.7 Å². The van der Waals surface area contributed by atoms with E-state index in [0.29, 0.717) is 12.0 Å². The zero-order valence-corrected chi connectivity index (χ0v) is 15.2. The van der Waals surface area contributed by atoms with Crippen molar-refractivity contribution in [3.8, 4) is 22.8 Å². The van der Waals surface area contributed by atoms with E-state index in [1.54, 1.807) is 24.4 Å². The van der Waals surface area contributed by atoms with Crippen molar-refractivity contribution in [1.29, 1.82) is 0 Å². The van der Waals surface area contributed by atoms with E-state index in [9.17, 15) is 9.18 Å². The van der Waals surface area contributed by atoms with E-state index in [-0.39, 0.29) is 29.2 Å². The highest BCUT2D eigenvalue weighted by atomic mass is 19.1. The van der Waals surface area contributed by atoms with E-state index in [0.717, 1.165) is 31.6 Å². The molecule has 8 heteroatoms. The normalized spacial score (nSPS) is 16.9. The van der Waals surface area contributed by atoms with Crippen LogP contribution in [0.2, 0.25) is 0 Å². The fourth-order valence-electron chi connectivity index (χ4n) is 3.52. The number of carbonyl (C=O) groups is 1. The van der Waals surface area contributed by atoms with Crippen LogP contribution in [-0.2, 0) is 4.79 Å². The van der Waals surface area contributed by atoms with Crippen LogP contribution in [0.15, 0.2) is 47.1 Å². The third-order valence-corrected chi connectivity index (χ3v) is 4.89. The molecule has 2 N–H and O–H groups in total. The molecule has 1 aliphatic rings. The van der Waals surface area contributed by atoms with Gasteiger partial charge in [0.1, 0.15) is 11.6 Å². The molecule has 0 unspecified atom stereocenters. The molecule has 0 spiro atoms. The molecule has 1 amide bonds. The second kappa shape index (κ2) is 7.75. The Hall–Kier alpha value is -3.29. The van der Waals surface area contributed by atoms with Crippen LogP contribution in [-0.4, -0.2) is 33.6 Å². The van der Waals surface area contributed by atoms with Crippen molar-refractivity contribution in [1.82, 2.24) is 15.1 Å². The van der Waals surface area contributed by atoms with Crippen LogP contribution in [0, 0.1) is 5.82 Å². The number of anilines is 1. The first-order chi connectivity index (χ1) is 13.6. The Labute approximate surface area is 161 Å². The number of pyridine rings is 1. The van der Waals surface area contributed by atoms with Crippen molar-refractivity contribution in [3.63, 3.8) is 0 Å². The highest BCUT2D eigenvalue weighted by Gasteiger charge is 2.25. The molecule has 28 heavy (non-hydrogen) atoms. The molecule has 0 bridgehead atoms. The molecule has 7 nitrogen and oxygen atoms in total. The second-order valence-electron chi connectivity index (χ2n) is 6.82. The molecule has 1 fully saturated rings. The molecular formula is C20H20FN5O2. The maximum absolute atomic E-state index is 13.9. The molecule has 0 radical (unpaired) electrons. The summed E-state index contributed by atoms with van der Waals surface area (Å²) in [6.07, 6.45) is 5.01. The minimum atomic E-state index is -0.408. The van der Waals surface area contributed by atoms with Gasteiger partial charge in [-0.3, -0.25) is 4.79 Å². The number of nitrogens with two attached hydrogens (primary N) is 1. The minimum Gasteiger partial charge on any atom is -0.370 e. The standard InChI is InChI=1S/C20H20FN5O2/c21-16-7-2-1-6-15(16)19-24-20(28-25-19)13-8-9-18(23-12-13)26-10-4-3-5-14(26)11-17(22)27/h1-2,6-9,12,14H,3-5,10-11H2,(H2,22,27)/t14-/m0/s1. The molecule has 2 aromatic heterocycles. The number of piperidine rings is 1. The van der Waals surface area contributed by atoms with E-state index in [2.05, 4.69) is 20.0 Å². The highest BCUT2D eigenvalue weighted by Crippen LogP contribution is 2.28. The van der Waals surface area contributed by atoms with Gasteiger partial charge in [-0.15, -0.1) is 0 Å². The summed E-state index contributed by atoms with van der Waals surface area (Å²) in [7, 11) is 0. The van der Waals surface area contributed by atoms with Gasteiger partial charge in [0, 0.05) is 25.2 Å². The fraction of sp³-hybridized carbons (Fsp3) is 0.300. The van der Waals surface area contributed by atoms with Gasteiger partial charge in [-0.2, -0.15) is 4.98 Å². The van der Waals surface area contributed by atoms with Gasteiger partial charge in [0.2, 0.25) is 11.7 Å². The maximum Gasteiger partial charge on any atom is 0.259 e. The molecule has 1 aromatic carbocycles. The number of hydrogen-bond acceptors (Lipinski definition) is 6. The average molecular weight is 381 g/mol. The third-order valence-electron chi connectivity index (χ3n) is 4.89. The number of carbonyl (C=O) groups excluding carboxylic acids is 1. The first-order valence-electron chi connectivity index (χ1n) is 9.22. The lowest BCUT2D eigenvalue weighted by atomic mass is 9.99. The molecule has 0 aliphatic carbocycles. The number of primary amides is 1. The van der Waals surface area contributed by atoms with Crippen LogP contribution in [0.1, 0.15) is 25.7 Å². The summed E-state index contributed by atoms with van der Waals surface area (Å²) >= 11 is 0. The second-order valence-corrected chi connectivity index (χ2v) is 6.82. The Morgan fingerprint density at radius 1 is 1.25 bits per heavy atom. The quantitative estimate of drug-likeness (QED) is 0.729. The summed E-state index contributed by atoms with van der Waals surface area (Å²) in [6.45, 7) is 0.836. The van der Waals surface area contributed by atoms with Gasteiger partial charge in [0.05, 0.1) is 11.1 Å². The summed E-state index contributed by atoms with van der Waals surface area (Å²) < 4.78 is 19.2. The van der Waals surface area contributed by atoms with Crippen LogP contribution >= 0.6 is 0 Å². The van der Waals surface area contributed by atoms with Gasteiger partial charge in [-0.1, -0.05) is 17.3 Å². The topological polar surface area (TPSA) is 98.1 Å². The highest BCUT2D eigenvalue weighted by molar-refractivity contribution is 5.75. The number of amides is 1. The molecule has 3 aromatic rings. The Balaban J connectivity index is 1.55. The number of halogens is 1. The van der Waals surface area contributed by atoms with Crippen molar-refractivity contribution < 1.29 is 13.7 Å². The van der Waals surface area contributed by atoms with E-state index in [4.69, 9.17) is 10.3 Å². The molecule has 0 saturated carbocycles. The van der Waals surface area contributed by atoms with Gasteiger partial charge in [0.25, 0.3) is 5.89 Å². The molecule has 4 rings (SSSR count). The summed E-state index contributed by atoms with van der Waals surface area (Å²) in [6, 6.07) is 10.0. The zero-order valence-electron chi connectivity index (χ0n) is 15.2. The monoisotopic (exact) mass is 381 g/mol. The fourth-order valence-corrected chi connectivity index (χ4v) is 3.52. The van der Waals surface area contributed by atoms with Crippen LogP contribution in [0.5, 0.6) is 0 Å². The lowest BCUT2D eigenvalue weighted by Gasteiger charge is -2.36. The van der Waals surface area contributed by atoms with E-state index in [1.165, 1.54) is 6.07 Å². The molecule has 144 valence electrons. The first-order valence-corrected chi connectivity index (χ1v) is 9.22. The molecular weight excluding hydrogens is 361 g/mol. The summed E-state index contributed by atoms with van der Waals surface area (Å²) in [5.74, 6) is 0.525. The SMILES string of the molecule is NC(=O)C[C@@H]1CCCCN1c1ccc(-c2nc(-c3ccccc3F)no2)cn1. The number of aromatic nitrogens is 3. The number of benzene rings is 1. The lowest BCUT2D eigenvalue weighted by Crippen LogP contribution is -2.42. The molecule has 1 saturated heterocycles. The third kappa shape index (κ3) is 3.71. The Morgan fingerprint density at radius 2 is 2.11 bits per heavy atom. The van der Waals surface area contributed by atoms with E-state index < -0.39 is 5.82 Å². The van der Waals surface area contributed by atoms with Crippen molar-refractivity contribution in [3.05, 3.63) is 48.4 Å². The van der Waals surface area contributed by atoms with Crippen molar-refractivity contribution in [2.75, 3.05) is 11.4 Å². The van der Waals surface area contributed by atoms with Gasteiger partial charge in [-0.25, -0.2) is 9.37 Å². The van der Waals surface area contributed by atoms with E-state index in [1.807, 2.05) is 12.1 Å². The largest absolute Gasteiger partial charge is 0.370 e. The van der Waals surface area contributed by atoms with E-state index >= 15 is 0 Å². The Morgan fingerprint density at radius 3 is 2.86 bits per heavy atom. The van der Waals surface area contributed by atoms with Gasteiger partial charge < -0.3 is 15.2 Å². The number of nitrogens with zero attached hydrogens (tertiary/aromatic N) is 4. The zero-order chi connectivity index (χ0) is 19.5. The first kappa shape index (κ1) is 18.1. The molecule has 3 heterocycles. The molecule has 1 atom stereocenters. The summed E-state index contributed by atoms with van der Waals surface area (Å²) in [5.41, 5.74) is 6.31. The lowest BCUT2D eigenvalue weighted by molar-refractivity contribution is -0.118. The number of rotatable bonds is 5. The van der Waals surface area contributed by atoms with Gasteiger partial charge in [0.15, 0.2) is 0 Å². The molecule has 1 aliphatic heterocycles. The van der Waals surface area contributed by atoms with Crippen molar-refractivity contribution >= 4 is 11.7 Å².